The van der Waals surface area contributed by atoms with E-state index in [9.17, 15) is 22.8 Å². The van der Waals surface area contributed by atoms with Crippen LogP contribution in [-0.4, -0.2) is 36.0 Å². The zero-order chi connectivity index (χ0) is 17.0. The highest BCUT2D eigenvalue weighted by molar-refractivity contribution is 5.98. The molecule has 0 N–H and O–H groups in total. The van der Waals surface area contributed by atoms with Crippen LogP contribution in [0.15, 0.2) is 24.3 Å². The van der Waals surface area contributed by atoms with Crippen molar-refractivity contribution in [3.8, 4) is 0 Å². The number of rotatable bonds is 4. The average molecular weight is 329 g/mol. The standard InChI is InChI=1S/C16H18F3NO3/c1-2-10-23-15(22)13-8-5-9-20(13)14(21)11-6-3-4-7-12(11)16(17,18)19/h3-4,6-7,13H,2,5,8-10H2,1H3. The Labute approximate surface area is 132 Å². The molecule has 0 aliphatic carbocycles. The van der Waals surface area contributed by atoms with Gasteiger partial charge >= 0.3 is 12.1 Å². The largest absolute Gasteiger partial charge is 0.464 e. The number of hydrogen-bond acceptors (Lipinski definition) is 3. The van der Waals surface area contributed by atoms with Crippen molar-refractivity contribution >= 4 is 11.9 Å². The van der Waals surface area contributed by atoms with Crippen LogP contribution in [0.5, 0.6) is 0 Å². The van der Waals surface area contributed by atoms with Crippen LogP contribution in [0.1, 0.15) is 42.1 Å². The van der Waals surface area contributed by atoms with Crippen LogP contribution in [0, 0.1) is 0 Å². The lowest BCUT2D eigenvalue weighted by atomic mass is 10.1. The van der Waals surface area contributed by atoms with E-state index in [2.05, 4.69) is 0 Å². The van der Waals surface area contributed by atoms with Gasteiger partial charge in [0.15, 0.2) is 0 Å². The maximum Gasteiger partial charge on any atom is 0.417 e. The molecule has 0 bridgehead atoms. The molecule has 0 spiro atoms. The zero-order valence-corrected chi connectivity index (χ0v) is 12.7. The highest BCUT2D eigenvalue weighted by atomic mass is 19.4. The molecule has 1 aromatic rings. The predicted molar refractivity (Wildman–Crippen MR) is 76.8 cm³/mol. The third kappa shape index (κ3) is 3.83. The number of benzene rings is 1. The summed E-state index contributed by atoms with van der Waals surface area (Å²) in [7, 11) is 0. The molecule has 23 heavy (non-hydrogen) atoms. The lowest BCUT2D eigenvalue weighted by Gasteiger charge is -2.24. The van der Waals surface area contributed by atoms with Crippen molar-refractivity contribution in [2.45, 2.75) is 38.4 Å². The molecule has 1 aliphatic heterocycles. The fourth-order valence-corrected chi connectivity index (χ4v) is 2.63. The normalized spacial score (nSPS) is 18.1. The summed E-state index contributed by atoms with van der Waals surface area (Å²) in [5, 5.41) is 0. The first kappa shape index (κ1) is 17.3. The van der Waals surface area contributed by atoms with Crippen molar-refractivity contribution in [1.29, 1.82) is 0 Å². The smallest absolute Gasteiger partial charge is 0.417 e. The van der Waals surface area contributed by atoms with Gasteiger partial charge in [-0.2, -0.15) is 13.2 Å². The number of nitrogens with zero attached hydrogens (tertiary/aromatic N) is 1. The molecule has 1 fully saturated rings. The van der Waals surface area contributed by atoms with E-state index in [4.69, 9.17) is 4.74 Å². The van der Waals surface area contributed by atoms with Gasteiger partial charge < -0.3 is 9.64 Å². The Balaban J connectivity index is 2.25. The lowest BCUT2D eigenvalue weighted by Crippen LogP contribution is -2.42. The average Bonchev–Trinajstić information content (AvgIpc) is 3.00. The quantitative estimate of drug-likeness (QED) is 0.797. The number of esters is 1. The van der Waals surface area contributed by atoms with Crippen molar-refractivity contribution < 1.29 is 27.5 Å². The van der Waals surface area contributed by atoms with Gasteiger partial charge in [0, 0.05) is 6.54 Å². The molecule has 1 aromatic carbocycles. The van der Waals surface area contributed by atoms with Gasteiger partial charge in [0.25, 0.3) is 5.91 Å². The summed E-state index contributed by atoms with van der Waals surface area (Å²) in [5.41, 5.74) is -1.42. The van der Waals surface area contributed by atoms with Crippen LogP contribution < -0.4 is 0 Å². The summed E-state index contributed by atoms with van der Waals surface area (Å²) >= 11 is 0. The first-order chi connectivity index (χ1) is 10.9. The minimum atomic E-state index is -4.62. The van der Waals surface area contributed by atoms with Gasteiger partial charge in [-0.15, -0.1) is 0 Å². The molecule has 7 heteroatoms. The fourth-order valence-electron chi connectivity index (χ4n) is 2.63. The van der Waals surface area contributed by atoms with Crippen LogP contribution in [0.2, 0.25) is 0 Å². The van der Waals surface area contributed by atoms with E-state index in [0.29, 0.717) is 19.3 Å². The topological polar surface area (TPSA) is 46.6 Å². The summed E-state index contributed by atoms with van der Waals surface area (Å²) in [4.78, 5) is 25.7. The van der Waals surface area contributed by atoms with E-state index in [-0.39, 0.29) is 13.2 Å². The highest BCUT2D eigenvalue weighted by Crippen LogP contribution is 2.33. The summed E-state index contributed by atoms with van der Waals surface area (Å²) in [5.74, 6) is -1.34. The second-order valence-corrected chi connectivity index (χ2v) is 5.37. The number of amides is 1. The van der Waals surface area contributed by atoms with Crippen molar-refractivity contribution in [2.75, 3.05) is 13.2 Å². The molecule has 1 aliphatic rings. The summed E-state index contributed by atoms with van der Waals surface area (Å²) in [6.45, 7) is 2.32. The molecule has 4 nitrogen and oxygen atoms in total. The van der Waals surface area contributed by atoms with E-state index >= 15 is 0 Å². The van der Waals surface area contributed by atoms with Gasteiger partial charge in [-0.3, -0.25) is 4.79 Å². The number of likely N-dealkylation sites (tertiary alicyclic amines) is 1. The maximum absolute atomic E-state index is 13.1. The first-order valence-corrected chi connectivity index (χ1v) is 7.50. The van der Waals surface area contributed by atoms with E-state index in [1.165, 1.54) is 17.0 Å². The number of carbonyl (C=O) groups is 2. The molecule has 126 valence electrons. The van der Waals surface area contributed by atoms with Gasteiger partial charge in [0.05, 0.1) is 17.7 Å². The molecule has 1 atom stereocenters. The molecule has 1 unspecified atom stereocenters. The second-order valence-electron chi connectivity index (χ2n) is 5.37. The number of hydrogen-bond donors (Lipinski definition) is 0. The van der Waals surface area contributed by atoms with Crippen molar-refractivity contribution in [3.63, 3.8) is 0 Å². The molecule has 1 saturated heterocycles. The van der Waals surface area contributed by atoms with Crippen LogP contribution in [0.4, 0.5) is 13.2 Å². The third-order valence-electron chi connectivity index (χ3n) is 3.70. The summed E-state index contributed by atoms with van der Waals surface area (Å²) in [6, 6.07) is 3.81. The second kappa shape index (κ2) is 7.02. The van der Waals surface area contributed by atoms with Crippen molar-refractivity contribution in [2.24, 2.45) is 0 Å². The van der Waals surface area contributed by atoms with Crippen molar-refractivity contribution in [3.05, 3.63) is 35.4 Å². The number of ether oxygens (including phenoxy) is 1. The van der Waals surface area contributed by atoms with E-state index < -0.39 is 35.2 Å². The van der Waals surface area contributed by atoms with E-state index in [0.717, 1.165) is 12.1 Å². The molecule has 0 aromatic heterocycles. The maximum atomic E-state index is 13.1. The van der Waals surface area contributed by atoms with Gasteiger partial charge in [-0.1, -0.05) is 19.1 Å². The van der Waals surface area contributed by atoms with Crippen LogP contribution in [0.25, 0.3) is 0 Å². The number of alkyl halides is 3. The molecule has 0 radical (unpaired) electrons. The fraction of sp³-hybridized carbons (Fsp3) is 0.500. The van der Waals surface area contributed by atoms with Gasteiger partial charge in [0.2, 0.25) is 0 Å². The Bertz CT molecular complexity index is 586. The molecule has 1 amide bonds. The molecule has 2 rings (SSSR count). The Morgan fingerprint density at radius 1 is 1.30 bits per heavy atom. The Hall–Kier alpha value is -2.05. The number of halogens is 3. The van der Waals surface area contributed by atoms with Crippen LogP contribution in [0.3, 0.4) is 0 Å². The Kier molecular flexibility index (Phi) is 5.28. The number of carbonyl (C=O) groups excluding carboxylic acids is 2. The minimum Gasteiger partial charge on any atom is -0.464 e. The van der Waals surface area contributed by atoms with Crippen LogP contribution in [-0.2, 0) is 15.7 Å². The Morgan fingerprint density at radius 3 is 2.65 bits per heavy atom. The van der Waals surface area contributed by atoms with E-state index in [1.807, 2.05) is 6.92 Å². The highest BCUT2D eigenvalue weighted by Gasteiger charge is 2.40. The predicted octanol–water partition coefficient (Wildman–Crippen LogP) is 3.26. The SMILES string of the molecule is CCCOC(=O)C1CCCN1C(=O)c1ccccc1C(F)(F)F. The first-order valence-electron chi connectivity index (χ1n) is 7.50. The molecule has 1 heterocycles. The van der Waals surface area contributed by atoms with Gasteiger partial charge in [-0.05, 0) is 31.4 Å². The minimum absolute atomic E-state index is 0.233. The molecule has 0 saturated carbocycles. The summed E-state index contributed by atoms with van der Waals surface area (Å²) in [6.07, 6.45) is -3.01. The van der Waals surface area contributed by atoms with Gasteiger partial charge in [-0.25, -0.2) is 4.79 Å². The van der Waals surface area contributed by atoms with E-state index in [1.54, 1.807) is 0 Å². The Morgan fingerprint density at radius 2 is 2.00 bits per heavy atom. The summed E-state index contributed by atoms with van der Waals surface area (Å²) < 4.78 is 44.2. The lowest BCUT2D eigenvalue weighted by molar-refractivity contribution is -0.148. The molecular formula is C16H18F3NO3. The van der Waals surface area contributed by atoms with Crippen molar-refractivity contribution in [1.82, 2.24) is 4.90 Å². The zero-order valence-electron chi connectivity index (χ0n) is 12.7. The van der Waals surface area contributed by atoms with Crippen LogP contribution >= 0.6 is 0 Å². The molecular weight excluding hydrogens is 311 g/mol. The monoisotopic (exact) mass is 329 g/mol. The third-order valence-corrected chi connectivity index (χ3v) is 3.70. The van der Waals surface area contributed by atoms with Gasteiger partial charge in [0.1, 0.15) is 6.04 Å².